The minimum Gasteiger partial charge on any atom is -0.299 e. The first-order valence-electron chi connectivity index (χ1n) is 6.61. The monoisotopic (exact) mass is 256 g/mol. The number of Topliss-reactive ketones (excluding diaryl/α,β-unsaturated/α-hetero) is 1. The van der Waals surface area contributed by atoms with Gasteiger partial charge >= 0.3 is 0 Å². The van der Waals surface area contributed by atoms with Gasteiger partial charge in [0, 0.05) is 31.8 Å². The molecule has 1 aromatic carbocycles. The Kier molecular flexibility index (Phi) is 4.15. The quantitative estimate of drug-likeness (QED) is 0.824. The van der Waals surface area contributed by atoms with Crippen LogP contribution in [0.5, 0.6) is 0 Å². The van der Waals surface area contributed by atoms with E-state index in [0.717, 1.165) is 17.7 Å². The lowest BCUT2D eigenvalue weighted by Crippen LogP contribution is -2.07. The number of aryl methyl sites for hydroxylation is 4. The van der Waals surface area contributed by atoms with Gasteiger partial charge in [-0.3, -0.25) is 9.48 Å². The van der Waals surface area contributed by atoms with Crippen LogP contribution in [0.25, 0.3) is 0 Å². The minimum atomic E-state index is 0.282. The molecule has 0 saturated heterocycles. The Hall–Kier alpha value is -1.90. The van der Waals surface area contributed by atoms with Crippen molar-refractivity contribution in [1.82, 2.24) is 9.78 Å². The van der Waals surface area contributed by atoms with Gasteiger partial charge in [-0.25, -0.2) is 0 Å². The van der Waals surface area contributed by atoms with Gasteiger partial charge in [0.2, 0.25) is 0 Å². The van der Waals surface area contributed by atoms with E-state index >= 15 is 0 Å². The second-order valence-corrected chi connectivity index (χ2v) is 5.08. The van der Waals surface area contributed by atoms with Crippen LogP contribution < -0.4 is 0 Å². The summed E-state index contributed by atoms with van der Waals surface area (Å²) >= 11 is 0. The average molecular weight is 256 g/mol. The van der Waals surface area contributed by atoms with E-state index < -0.39 is 0 Å². The first-order chi connectivity index (χ1) is 9.06. The normalized spacial score (nSPS) is 10.7. The molecule has 0 radical (unpaired) electrons. The lowest BCUT2D eigenvalue weighted by atomic mass is 10.0. The topological polar surface area (TPSA) is 34.9 Å². The van der Waals surface area contributed by atoms with Crippen molar-refractivity contribution in [3.63, 3.8) is 0 Å². The molecule has 1 heterocycles. The Labute approximate surface area is 114 Å². The predicted molar refractivity (Wildman–Crippen MR) is 76.2 cm³/mol. The maximum Gasteiger partial charge on any atom is 0.137 e. The van der Waals surface area contributed by atoms with Crippen LogP contribution in [0.15, 0.2) is 30.5 Å². The van der Waals surface area contributed by atoms with Crippen LogP contribution in [0, 0.1) is 13.8 Å². The number of ketones is 1. The van der Waals surface area contributed by atoms with E-state index in [2.05, 4.69) is 31.1 Å². The maximum atomic E-state index is 12.0. The van der Waals surface area contributed by atoms with Gasteiger partial charge in [-0.15, -0.1) is 0 Å². The zero-order chi connectivity index (χ0) is 13.8. The van der Waals surface area contributed by atoms with Crippen LogP contribution in [0.4, 0.5) is 0 Å². The summed E-state index contributed by atoms with van der Waals surface area (Å²) in [4.78, 5) is 12.0. The second-order valence-electron chi connectivity index (χ2n) is 5.08. The van der Waals surface area contributed by atoms with Gasteiger partial charge in [-0.1, -0.05) is 18.2 Å². The van der Waals surface area contributed by atoms with Crippen molar-refractivity contribution >= 4 is 5.78 Å². The van der Waals surface area contributed by atoms with E-state index in [1.807, 2.05) is 23.9 Å². The number of hydrogen-bond donors (Lipinski definition) is 0. The highest BCUT2D eigenvalue weighted by Crippen LogP contribution is 2.12. The van der Waals surface area contributed by atoms with Crippen molar-refractivity contribution in [2.75, 3.05) is 0 Å². The zero-order valence-corrected chi connectivity index (χ0v) is 11.8. The van der Waals surface area contributed by atoms with Crippen molar-refractivity contribution in [2.45, 2.75) is 33.1 Å². The molecule has 1 aromatic heterocycles. The van der Waals surface area contributed by atoms with Gasteiger partial charge in [0.1, 0.15) is 5.78 Å². The van der Waals surface area contributed by atoms with E-state index in [0.29, 0.717) is 12.8 Å². The number of carbonyl (C=O) groups is 1. The molecule has 0 fully saturated rings. The fourth-order valence-corrected chi connectivity index (χ4v) is 2.14. The van der Waals surface area contributed by atoms with Crippen LogP contribution in [-0.2, 0) is 24.7 Å². The van der Waals surface area contributed by atoms with Gasteiger partial charge in [0.15, 0.2) is 0 Å². The predicted octanol–water partition coefficient (Wildman–Crippen LogP) is 2.78. The molecule has 0 aliphatic heterocycles. The largest absolute Gasteiger partial charge is 0.299 e. The van der Waals surface area contributed by atoms with Gasteiger partial charge in [0.05, 0.1) is 0 Å². The summed E-state index contributed by atoms with van der Waals surface area (Å²) < 4.78 is 1.82. The standard InChI is InChI=1S/C16H20N2O/c1-12-4-5-14(10-13(12)2)11-16(19)7-6-15-8-9-17-18(15)3/h4-5,8-10H,6-7,11H2,1-3H3. The molecule has 0 aliphatic carbocycles. The Bertz CT molecular complexity index is 584. The number of benzene rings is 1. The Morgan fingerprint density at radius 3 is 2.63 bits per heavy atom. The fraction of sp³-hybridized carbons (Fsp3) is 0.375. The van der Waals surface area contributed by atoms with Gasteiger partial charge in [-0.2, -0.15) is 5.10 Å². The molecule has 3 heteroatoms. The molecule has 0 saturated carbocycles. The molecule has 19 heavy (non-hydrogen) atoms. The van der Waals surface area contributed by atoms with Crippen molar-refractivity contribution < 1.29 is 4.79 Å². The number of aromatic nitrogens is 2. The molecule has 0 atom stereocenters. The number of nitrogens with zero attached hydrogens (tertiary/aromatic N) is 2. The maximum absolute atomic E-state index is 12.0. The third-order valence-corrected chi connectivity index (χ3v) is 3.56. The van der Waals surface area contributed by atoms with E-state index in [9.17, 15) is 4.79 Å². The number of hydrogen-bond acceptors (Lipinski definition) is 2. The third-order valence-electron chi connectivity index (χ3n) is 3.56. The van der Waals surface area contributed by atoms with Gasteiger partial charge in [0.25, 0.3) is 0 Å². The molecule has 2 rings (SSSR count). The molecule has 0 aliphatic rings. The Morgan fingerprint density at radius 2 is 2.00 bits per heavy atom. The summed E-state index contributed by atoms with van der Waals surface area (Å²) in [6.07, 6.45) is 3.63. The van der Waals surface area contributed by atoms with Crippen LogP contribution in [-0.4, -0.2) is 15.6 Å². The smallest absolute Gasteiger partial charge is 0.137 e. The average Bonchev–Trinajstić information content (AvgIpc) is 2.77. The van der Waals surface area contributed by atoms with E-state index in [1.54, 1.807) is 6.20 Å². The van der Waals surface area contributed by atoms with Crippen molar-refractivity contribution in [3.05, 3.63) is 52.8 Å². The fourth-order valence-electron chi connectivity index (χ4n) is 2.14. The van der Waals surface area contributed by atoms with Crippen LogP contribution in [0.3, 0.4) is 0 Å². The Balaban J connectivity index is 1.91. The lowest BCUT2D eigenvalue weighted by molar-refractivity contribution is -0.118. The minimum absolute atomic E-state index is 0.282. The summed E-state index contributed by atoms with van der Waals surface area (Å²) in [6, 6.07) is 8.20. The van der Waals surface area contributed by atoms with E-state index in [4.69, 9.17) is 0 Å². The summed E-state index contributed by atoms with van der Waals surface area (Å²) in [5, 5.41) is 4.11. The first-order valence-corrected chi connectivity index (χ1v) is 6.61. The number of carbonyl (C=O) groups excluding carboxylic acids is 1. The summed E-state index contributed by atoms with van der Waals surface area (Å²) in [7, 11) is 1.91. The van der Waals surface area contributed by atoms with Crippen molar-refractivity contribution in [2.24, 2.45) is 7.05 Å². The summed E-state index contributed by atoms with van der Waals surface area (Å²) in [6.45, 7) is 4.17. The number of rotatable bonds is 5. The van der Waals surface area contributed by atoms with Crippen LogP contribution >= 0.6 is 0 Å². The lowest BCUT2D eigenvalue weighted by Gasteiger charge is -2.05. The molecule has 0 N–H and O–H groups in total. The highest BCUT2D eigenvalue weighted by atomic mass is 16.1. The first kappa shape index (κ1) is 13.5. The summed E-state index contributed by atoms with van der Waals surface area (Å²) in [5.74, 6) is 0.282. The molecule has 0 amide bonds. The van der Waals surface area contributed by atoms with Crippen LogP contribution in [0.1, 0.15) is 28.8 Å². The molecule has 0 spiro atoms. The van der Waals surface area contributed by atoms with Gasteiger partial charge in [-0.05, 0) is 43.0 Å². The van der Waals surface area contributed by atoms with E-state index in [1.165, 1.54) is 11.1 Å². The van der Waals surface area contributed by atoms with Crippen molar-refractivity contribution in [1.29, 1.82) is 0 Å². The van der Waals surface area contributed by atoms with Crippen molar-refractivity contribution in [3.8, 4) is 0 Å². The molecule has 3 nitrogen and oxygen atoms in total. The molecule has 0 bridgehead atoms. The molecular weight excluding hydrogens is 236 g/mol. The highest BCUT2D eigenvalue weighted by molar-refractivity contribution is 5.81. The molecular formula is C16H20N2O. The second kappa shape index (κ2) is 5.83. The SMILES string of the molecule is Cc1ccc(CC(=O)CCc2ccnn2C)cc1C. The molecule has 2 aromatic rings. The van der Waals surface area contributed by atoms with Crippen LogP contribution in [0.2, 0.25) is 0 Å². The Morgan fingerprint density at radius 1 is 1.21 bits per heavy atom. The molecule has 0 unspecified atom stereocenters. The third kappa shape index (κ3) is 3.53. The molecule has 100 valence electrons. The summed E-state index contributed by atoms with van der Waals surface area (Å²) in [5.41, 5.74) is 4.73. The zero-order valence-electron chi connectivity index (χ0n) is 11.8. The van der Waals surface area contributed by atoms with E-state index in [-0.39, 0.29) is 5.78 Å². The highest BCUT2D eigenvalue weighted by Gasteiger charge is 2.07. The van der Waals surface area contributed by atoms with Gasteiger partial charge < -0.3 is 0 Å².